The van der Waals surface area contributed by atoms with E-state index in [2.05, 4.69) is 52.4 Å². The zero-order valence-corrected chi connectivity index (χ0v) is 56.5. The lowest BCUT2D eigenvalue weighted by atomic mass is 9.73. The minimum absolute atomic E-state index is 0.00276. The third-order valence-corrected chi connectivity index (χ3v) is 18.0. The number of nitrogens with two attached hydrogens (primary N) is 1. The van der Waals surface area contributed by atoms with Crippen LogP contribution in [-0.2, 0) is 90.6 Å². The highest BCUT2D eigenvalue weighted by Crippen LogP contribution is 2.38. The lowest BCUT2D eigenvalue weighted by molar-refractivity contribution is -0.145. The number of phenolic OH excluding ortho intramolecular Hbond substituents is 2. The number of ether oxygens (including phenoxy) is 2. The molecule has 0 saturated carbocycles. The SMILES string of the molecule is CC(CCC(=O)N[C@@H](CC(=O)N[C@@H](CC(=O)N[C@@H](CCCCn1cc(CCCC(=O)Nc2nnc(S(N)(=O)=O)s2)nn1)C(=O)NCCOCCOCCNC(=O)CN1CCN(CC=O)CCN(CC=O)CCN(CC(=O)O)CC1)C(=O)O)C(=O)O)(c1ccc(O)cc1)c1ccc(O)cc1. The zero-order valence-electron chi connectivity index (χ0n) is 54.9. The maximum absolute atomic E-state index is 13.7. The van der Waals surface area contributed by atoms with E-state index in [1.807, 2.05) is 21.6 Å². The minimum atomic E-state index is -4.09. The summed E-state index contributed by atoms with van der Waals surface area (Å²) >= 11 is 0.602. The molecule has 1 saturated heterocycles. The number of carbonyl (C=O) groups excluding carboxylic acids is 8. The molecule has 1 aliphatic rings. The Hall–Kier alpha value is -9.02. The summed E-state index contributed by atoms with van der Waals surface area (Å²) in [5.74, 6) is -8.61. The Labute approximate surface area is 574 Å². The number of hydrogen-bond acceptors (Lipinski definition) is 26. The van der Waals surface area contributed by atoms with Gasteiger partial charge in [0.15, 0.2) is 0 Å². The standard InChI is InChI=1S/C61H88N16O20S2/c1-61(42-8-12-45(80)13-9-42,43-10-14-46(81)15-11-43)17-16-51(83)66-48(57(90)91)37-53(85)67-49(58(92)93)38-52(84)65-47(6-2-3-20-77-39-44(69-72-77)5-4-7-50(82)68-59-70-71-60(98-59)99(62,94)95)56(89)64-19-34-97-36-35-96-33-18-63-54(86)40-75-25-23-73(29-31-78)21-22-74(30-32-79)24-26-76(28-27-75)41-55(87)88/h8-15,31-32,39,47-49,80-81H,2-7,16-30,33-38,40-41H2,1H3,(H,63,86)(H,64,89)(H,65,84)(H,66,83)(H,67,85)(H,87,88)(H,90,91)(H,92,93)(H2,62,94,95)(H,68,70,82)/t47-,48-,49-/m0/s1. The second-order valence-electron chi connectivity index (χ2n) is 23.4. The fourth-order valence-corrected chi connectivity index (χ4v) is 11.7. The molecule has 0 spiro atoms. The van der Waals surface area contributed by atoms with E-state index in [-0.39, 0.29) is 114 Å². The van der Waals surface area contributed by atoms with Crippen LogP contribution in [0.15, 0.2) is 59.1 Å². The number of carboxylic acid groups (broad SMARTS) is 3. The van der Waals surface area contributed by atoms with Crippen LogP contribution in [0.3, 0.4) is 0 Å². The number of nitrogens with one attached hydrogen (secondary N) is 6. The van der Waals surface area contributed by atoms with Crippen molar-refractivity contribution in [1.29, 1.82) is 0 Å². The molecule has 4 aromatic rings. The molecule has 0 aliphatic carbocycles. The number of benzene rings is 2. The number of rotatable bonds is 43. The van der Waals surface area contributed by atoms with Crippen molar-refractivity contribution < 1.29 is 96.2 Å². The Morgan fingerprint density at radius 2 is 1.12 bits per heavy atom. The predicted molar refractivity (Wildman–Crippen MR) is 352 cm³/mol. The summed E-state index contributed by atoms with van der Waals surface area (Å²) in [5.41, 5.74) is 1.04. The molecule has 38 heteroatoms. The number of aliphatic carboxylic acids is 3. The van der Waals surface area contributed by atoms with Gasteiger partial charge in [-0.3, -0.25) is 57.8 Å². The van der Waals surface area contributed by atoms with E-state index >= 15 is 0 Å². The number of aldehydes is 2. The number of nitrogens with zero attached hydrogens (tertiary/aromatic N) is 9. The number of carbonyl (C=O) groups is 11. The first-order valence-corrected chi connectivity index (χ1v) is 34.3. The normalized spacial score (nSPS) is 14.8. The van der Waals surface area contributed by atoms with Crippen molar-refractivity contribution in [1.82, 2.24) is 71.4 Å². The van der Waals surface area contributed by atoms with Crippen LogP contribution in [0, 0.1) is 0 Å². The Kier molecular flexibility index (Phi) is 34.3. The summed E-state index contributed by atoms with van der Waals surface area (Å²) in [6.45, 7) is 5.98. The molecule has 6 amide bonds. The highest BCUT2D eigenvalue weighted by atomic mass is 32.2. The van der Waals surface area contributed by atoms with Gasteiger partial charge in [-0.2, -0.15) is 0 Å². The Morgan fingerprint density at radius 3 is 1.63 bits per heavy atom. The van der Waals surface area contributed by atoms with Crippen molar-refractivity contribution in [2.24, 2.45) is 5.14 Å². The quantitative estimate of drug-likeness (QED) is 0.0124. The molecule has 1 fully saturated rings. The molecular weight excluding hydrogens is 1340 g/mol. The lowest BCUT2D eigenvalue weighted by Crippen LogP contribution is -2.51. The van der Waals surface area contributed by atoms with Crippen LogP contribution in [0.25, 0.3) is 0 Å². The fourth-order valence-electron chi connectivity index (χ4n) is 10.3. The first-order valence-electron chi connectivity index (χ1n) is 31.9. The number of aryl methyl sites for hydroxylation is 2. The van der Waals surface area contributed by atoms with Crippen molar-refractivity contribution in [3.63, 3.8) is 0 Å². The van der Waals surface area contributed by atoms with Gasteiger partial charge in [0.25, 0.3) is 10.0 Å². The summed E-state index contributed by atoms with van der Waals surface area (Å²) < 4.78 is 35.3. The second-order valence-corrected chi connectivity index (χ2v) is 26.1. The molecule has 1 aliphatic heterocycles. The van der Waals surface area contributed by atoms with E-state index < -0.39 is 98.2 Å². The first-order chi connectivity index (χ1) is 47.2. The average molecular weight is 1430 g/mol. The molecule has 2 aromatic carbocycles. The number of primary sulfonamides is 1. The molecule has 36 nitrogen and oxygen atoms in total. The third-order valence-electron chi connectivity index (χ3n) is 15.8. The monoisotopic (exact) mass is 1430 g/mol. The average Bonchev–Trinajstić information content (AvgIpc) is 1.54. The highest BCUT2D eigenvalue weighted by molar-refractivity contribution is 7.91. The van der Waals surface area contributed by atoms with E-state index in [1.165, 1.54) is 28.9 Å². The van der Waals surface area contributed by atoms with Crippen molar-refractivity contribution in [2.75, 3.05) is 123 Å². The van der Waals surface area contributed by atoms with Gasteiger partial charge in [0.05, 0.1) is 71.1 Å². The zero-order chi connectivity index (χ0) is 72.3. The second kappa shape index (κ2) is 42.1. The first kappa shape index (κ1) is 80.7. The van der Waals surface area contributed by atoms with Crippen LogP contribution in [0.4, 0.5) is 5.13 Å². The number of amides is 6. The van der Waals surface area contributed by atoms with Gasteiger partial charge < -0.3 is 76.5 Å². The minimum Gasteiger partial charge on any atom is -0.508 e. The van der Waals surface area contributed by atoms with Crippen LogP contribution in [-0.4, -0.2) is 281 Å². The topological polar surface area (TPSA) is 509 Å². The lowest BCUT2D eigenvalue weighted by Gasteiger charge is -2.32. The molecule has 13 N–H and O–H groups in total. The van der Waals surface area contributed by atoms with Crippen LogP contribution >= 0.6 is 11.3 Å². The number of phenols is 2. The number of carboxylic acids is 3. The molecule has 544 valence electrons. The van der Waals surface area contributed by atoms with E-state index in [1.54, 1.807) is 35.4 Å². The smallest absolute Gasteiger partial charge is 0.326 e. The Bertz CT molecular complexity index is 3370. The van der Waals surface area contributed by atoms with E-state index in [9.17, 15) is 86.7 Å². The van der Waals surface area contributed by atoms with Gasteiger partial charge in [-0.1, -0.05) is 47.7 Å². The molecular formula is C61H88N16O20S2. The number of anilines is 1. The molecule has 0 radical (unpaired) electrons. The molecule has 0 unspecified atom stereocenters. The van der Waals surface area contributed by atoms with Crippen LogP contribution < -0.4 is 37.0 Å². The Morgan fingerprint density at radius 1 is 0.616 bits per heavy atom. The summed E-state index contributed by atoms with van der Waals surface area (Å²) in [6.07, 6.45) is 2.66. The maximum atomic E-state index is 13.7. The summed E-state index contributed by atoms with van der Waals surface area (Å²) in [6, 6.07) is 7.48. The molecule has 0 bridgehead atoms. The Balaban J connectivity index is 1.10. The van der Waals surface area contributed by atoms with E-state index in [0.717, 1.165) is 12.6 Å². The van der Waals surface area contributed by atoms with Gasteiger partial charge in [0.2, 0.25) is 44.9 Å². The fraction of sp³-hybridized carbons (Fsp3) is 0.557. The number of aromatic nitrogens is 5. The van der Waals surface area contributed by atoms with Crippen LogP contribution in [0.2, 0.25) is 0 Å². The maximum Gasteiger partial charge on any atom is 0.326 e. The van der Waals surface area contributed by atoms with E-state index in [0.29, 0.717) is 113 Å². The van der Waals surface area contributed by atoms with Crippen LogP contribution in [0.1, 0.15) is 81.5 Å². The van der Waals surface area contributed by atoms with Gasteiger partial charge in [-0.05, 0) is 73.9 Å². The van der Waals surface area contributed by atoms with Crippen molar-refractivity contribution in [3.8, 4) is 11.5 Å². The summed E-state index contributed by atoms with van der Waals surface area (Å²) in [7, 11) is -4.09. The van der Waals surface area contributed by atoms with Crippen LogP contribution in [0.5, 0.6) is 11.5 Å². The van der Waals surface area contributed by atoms with E-state index in [4.69, 9.17) is 14.6 Å². The predicted octanol–water partition coefficient (Wildman–Crippen LogP) is -2.52. The summed E-state index contributed by atoms with van der Waals surface area (Å²) in [5, 5.41) is 84.7. The van der Waals surface area contributed by atoms with Crippen molar-refractivity contribution in [2.45, 2.75) is 106 Å². The molecule has 3 heterocycles. The van der Waals surface area contributed by atoms with Gasteiger partial charge in [0.1, 0.15) is 42.2 Å². The summed E-state index contributed by atoms with van der Waals surface area (Å²) in [4.78, 5) is 146. The van der Waals surface area contributed by atoms with Gasteiger partial charge in [-0.25, -0.2) is 23.1 Å². The third kappa shape index (κ3) is 30.3. The number of sulfonamides is 1. The van der Waals surface area contributed by atoms with Crippen molar-refractivity contribution in [3.05, 3.63) is 71.5 Å². The molecule has 2 aromatic heterocycles. The number of aromatic hydroxyl groups is 2. The largest absolute Gasteiger partial charge is 0.508 e. The molecule has 99 heavy (non-hydrogen) atoms. The van der Waals surface area contributed by atoms with Crippen molar-refractivity contribution >= 4 is 92.4 Å². The number of unbranched alkanes of at least 4 members (excludes halogenated alkanes) is 1. The molecule has 5 rings (SSSR count). The highest BCUT2D eigenvalue weighted by Gasteiger charge is 2.33. The van der Waals surface area contributed by atoms with Gasteiger partial charge in [-0.15, -0.1) is 15.3 Å². The van der Waals surface area contributed by atoms with Gasteiger partial charge >= 0.3 is 17.9 Å². The number of hydrogen-bond donors (Lipinski definition) is 12. The van der Waals surface area contributed by atoms with Gasteiger partial charge in [0, 0.05) is 96.4 Å². The molecule has 3 atom stereocenters.